The first-order valence-corrected chi connectivity index (χ1v) is 6.80. The van der Waals surface area contributed by atoms with Crippen molar-refractivity contribution in [2.45, 2.75) is 26.2 Å². The Morgan fingerprint density at radius 2 is 1.81 bits per heavy atom. The molecule has 0 atom stereocenters. The predicted molar refractivity (Wildman–Crippen MR) is 65.3 cm³/mol. The highest BCUT2D eigenvalue weighted by Crippen LogP contribution is 2.32. The second-order valence-electron chi connectivity index (χ2n) is 4.86. The van der Waals surface area contributed by atoms with Crippen LogP contribution in [0.3, 0.4) is 0 Å². The van der Waals surface area contributed by atoms with Gasteiger partial charge in [-0.25, -0.2) is 8.42 Å². The van der Waals surface area contributed by atoms with Crippen molar-refractivity contribution < 1.29 is 13.5 Å². The average molecular weight is 243 g/mol. The summed E-state index contributed by atoms with van der Waals surface area (Å²) in [6.07, 6.45) is 1.09. The Morgan fingerprint density at radius 1 is 1.25 bits per heavy atom. The second kappa shape index (κ2) is 3.97. The maximum absolute atomic E-state index is 11.1. The van der Waals surface area contributed by atoms with Gasteiger partial charge in [-0.3, -0.25) is 4.72 Å². The summed E-state index contributed by atoms with van der Waals surface area (Å²) in [6.45, 7) is 5.85. The Kier molecular flexibility index (Phi) is 3.19. The van der Waals surface area contributed by atoms with E-state index in [-0.39, 0.29) is 11.2 Å². The van der Waals surface area contributed by atoms with Crippen molar-refractivity contribution in [2.75, 3.05) is 11.0 Å². The number of sulfonamides is 1. The Morgan fingerprint density at radius 3 is 2.25 bits per heavy atom. The van der Waals surface area contributed by atoms with Gasteiger partial charge in [0, 0.05) is 11.3 Å². The molecule has 5 heteroatoms. The maximum atomic E-state index is 11.1. The molecule has 0 aliphatic carbocycles. The largest absolute Gasteiger partial charge is 0.508 e. The lowest BCUT2D eigenvalue weighted by molar-refractivity contribution is 0.447. The Hall–Kier alpha value is -1.23. The van der Waals surface area contributed by atoms with Crippen LogP contribution in [0.1, 0.15) is 26.3 Å². The van der Waals surface area contributed by atoms with Crippen LogP contribution >= 0.6 is 0 Å². The number of nitrogens with one attached hydrogen (secondary N) is 1. The summed E-state index contributed by atoms with van der Waals surface area (Å²) < 4.78 is 24.5. The molecule has 2 N–H and O–H groups in total. The number of phenols is 1. The highest BCUT2D eigenvalue weighted by atomic mass is 32.2. The summed E-state index contributed by atoms with van der Waals surface area (Å²) in [6, 6.07) is 4.68. The fraction of sp³-hybridized carbons (Fsp3) is 0.455. The predicted octanol–water partition coefficient (Wildman–Crippen LogP) is 2.06. The third kappa shape index (κ3) is 3.41. The molecule has 0 saturated heterocycles. The highest BCUT2D eigenvalue weighted by molar-refractivity contribution is 7.92. The molecule has 0 unspecified atom stereocenters. The minimum atomic E-state index is -3.28. The normalized spacial score (nSPS) is 12.5. The number of rotatable bonds is 2. The Labute approximate surface area is 96.4 Å². The molecule has 16 heavy (non-hydrogen) atoms. The van der Waals surface area contributed by atoms with E-state index >= 15 is 0 Å². The Bertz CT molecular complexity index is 486. The van der Waals surface area contributed by atoms with Crippen LogP contribution in [0.5, 0.6) is 5.75 Å². The van der Waals surface area contributed by atoms with E-state index in [1.54, 1.807) is 6.07 Å². The molecule has 0 amide bonds. The van der Waals surface area contributed by atoms with Gasteiger partial charge < -0.3 is 5.11 Å². The van der Waals surface area contributed by atoms with Gasteiger partial charge in [-0.2, -0.15) is 0 Å². The molecular formula is C11H17NO3S. The van der Waals surface area contributed by atoms with Crippen molar-refractivity contribution in [1.29, 1.82) is 0 Å². The van der Waals surface area contributed by atoms with E-state index in [0.717, 1.165) is 6.26 Å². The molecule has 0 fully saturated rings. The molecule has 0 aromatic heterocycles. The molecule has 0 aliphatic rings. The fourth-order valence-corrected chi connectivity index (χ4v) is 1.97. The lowest BCUT2D eigenvalue weighted by atomic mass is 9.86. The van der Waals surface area contributed by atoms with E-state index < -0.39 is 10.0 Å². The van der Waals surface area contributed by atoms with Gasteiger partial charge in [0.05, 0.1) is 6.26 Å². The van der Waals surface area contributed by atoms with E-state index in [2.05, 4.69) is 4.72 Å². The number of anilines is 1. The zero-order valence-corrected chi connectivity index (χ0v) is 10.7. The molecule has 0 spiro atoms. The van der Waals surface area contributed by atoms with Crippen LogP contribution in [-0.4, -0.2) is 19.8 Å². The molecule has 1 aromatic rings. The maximum Gasteiger partial charge on any atom is 0.229 e. The highest BCUT2D eigenvalue weighted by Gasteiger charge is 2.18. The van der Waals surface area contributed by atoms with Crippen molar-refractivity contribution in [1.82, 2.24) is 0 Å². The van der Waals surface area contributed by atoms with Crippen molar-refractivity contribution in [2.24, 2.45) is 0 Å². The summed E-state index contributed by atoms with van der Waals surface area (Å²) in [5.41, 5.74) is 0.936. The van der Waals surface area contributed by atoms with Crippen LogP contribution < -0.4 is 4.72 Å². The molecular weight excluding hydrogens is 226 g/mol. The molecule has 1 aromatic carbocycles. The van der Waals surface area contributed by atoms with Gasteiger partial charge in [-0.15, -0.1) is 0 Å². The standard InChI is InChI=1S/C11H17NO3S/c1-11(2,3)9-7-8(5-6-10(9)13)12-16(4,14)15/h5-7,12-13H,1-4H3. The van der Waals surface area contributed by atoms with Crippen LogP contribution in [0.2, 0.25) is 0 Å². The zero-order valence-electron chi connectivity index (χ0n) is 9.90. The van der Waals surface area contributed by atoms with Gasteiger partial charge in [-0.1, -0.05) is 20.8 Å². The SMILES string of the molecule is CC(C)(C)c1cc(NS(C)(=O)=O)ccc1O. The number of benzene rings is 1. The minimum Gasteiger partial charge on any atom is -0.508 e. The molecule has 4 nitrogen and oxygen atoms in total. The van der Waals surface area contributed by atoms with Crippen molar-refractivity contribution in [3.05, 3.63) is 23.8 Å². The molecule has 90 valence electrons. The molecule has 0 heterocycles. The molecule has 0 aliphatic heterocycles. The second-order valence-corrected chi connectivity index (χ2v) is 6.60. The van der Waals surface area contributed by atoms with Crippen LogP contribution in [-0.2, 0) is 15.4 Å². The lowest BCUT2D eigenvalue weighted by Gasteiger charge is -2.21. The quantitative estimate of drug-likeness (QED) is 0.781. The minimum absolute atomic E-state index is 0.173. The molecule has 1 rings (SSSR count). The van der Waals surface area contributed by atoms with E-state index in [0.29, 0.717) is 11.3 Å². The summed E-state index contributed by atoms with van der Waals surface area (Å²) in [7, 11) is -3.28. The van der Waals surface area contributed by atoms with Crippen molar-refractivity contribution in [3.63, 3.8) is 0 Å². The van der Waals surface area contributed by atoms with Gasteiger partial charge in [0.2, 0.25) is 10.0 Å². The van der Waals surface area contributed by atoms with E-state index in [1.807, 2.05) is 20.8 Å². The third-order valence-corrected chi connectivity index (χ3v) is 2.71. The van der Waals surface area contributed by atoms with Gasteiger partial charge >= 0.3 is 0 Å². The monoisotopic (exact) mass is 243 g/mol. The first-order chi connectivity index (χ1) is 7.09. The van der Waals surface area contributed by atoms with Gasteiger partial charge in [0.1, 0.15) is 5.75 Å². The van der Waals surface area contributed by atoms with Crippen molar-refractivity contribution >= 4 is 15.7 Å². The van der Waals surface area contributed by atoms with Gasteiger partial charge in [-0.05, 0) is 23.6 Å². The van der Waals surface area contributed by atoms with Crippen LogP contribution in [0.15, 0.2) is 18.2 Å². The fourth-order valence-electron chi connectivity index (χ4n) is 1.41. The first kappa shape index (κ1) is 12.8. The summed E-state index contributed by atoms with van der Waals surface area (Å²) in [5.74, 6) is 0.173. The van der Waals surface area contributed by atoms with Crippen molar-refractivity contribution in [3.8, 4) is 5.75 Å². The number of hydrogen-bond acceptors (Lipinski definition) is 3. The zero-order chi connectivity index (χ0) is 12.6. The smallest absolute Gasteiger partial charge is 0.229 e. The molecule has 0 radical (unpaired) electrons. The third-order valence-electron chi connectivity index (χ3n) is 2.11. The lowest BCUT2D eigenvalue weighted by Crippen LogP contribution is -2.14. The summed E-state index contributed by atoms with van der Waals surface area (Å²) >= 11 is 0. The van der Waals surface area contributed by atoms with Crippen LogP contribution in [0.25, 0.3) is 0 Å². The van der Waals surface area contributed by atoms with E-state index in [9.17, 15) is 13.5 Å². The van der Waals surface area contributed by atoms with E-state index in [4.69, 9.17) is 0 Å². The summed E-state index contributed by atoms with van der Waals surface area (Å²) in [4.78, 5) is 0. The molecule has 0 bridgehead atoms. The van der Waals surface area contributed by atoms with Gasteiger partial charge in [0.25, 0.3) is 0 Å². The number of aromatic hydroxyl groups is 1. The summed E-state index contributed by atoms with van der Waals surface area (Å²) in [5, 5.41) is 9.69. The molecule has 0 saturated carbocycles. The average Bonchev–Trinajstić information content (AvgIpc) is 2.04. The van der Waals surface area contributed by atoms with Crippen LogP contribution in [0.4, 0.5) is 5.69 Å². The number of phenolic OH excluding ortho intramolecular Hbond substituents is 1. The Balaban J connectivity index is 3.18. The van der Waals surface area contributed by atoms with Gasteiger partial charge in [0.15, 0.2) is 0 Å². The van der Waals surface area contributed by atoms with E-state index in [1.165, 1.54) is 12.1 Å². The first-order valence-electron chi connectivity index (χ1n) is 4.91. The topological polar surface area (TPSA) is 66.4 Å². The number of hydrogen-bond donors (Lipinski definition) is 2. The van der Waals surface area contributed by atoms with Crippen LogP contribution in [0, 0.1) is 0 Å².